The first kappa shape index (κ1) is 10.9. The zero-order valence-electron chi connectivity index (χ0n) is 10.2. The topological polar surface area (TPSA) is 17.1 Å². The molecule has 0 amide bonds. The standard InChI is InChI=1S/C14H22O/c1-10-7-11-5-4-6-14(2,3)13(11)8-12(10)9-15/h9,11,13H,4-8H2,1-3H3/t11-,13+/m0/s1. The SMILES string of the molecule is CC1=C(C=O)C[C@@H]2[C@@H](CCCC2(C)C)C1. The Kier molecular flexibility index (Phi) is 2.74. The molecule has 0 radical (unpaired) electrons. The second-order valence-corrected chi connectivity index (χ2v) is 6.08. The third-order valence-electron chi connectivity index (χ3n) is 4.67. The van der Waals surface area contributed by atoms with Gasteiger partial charge in [0.15, 0.2) is 0 Å². The largest absolute Gasteiger partial charge is 0.298 e. The Labute approximate surface area is 92.9 Å². The average Bonchev–Trinajstić information content (AvgIpc) is 2.16. The fourth-order valence-electron chi connectivity index (χ4n) is 3.62. The number of hydrogen-bond acceptors (Lipinski definition) is 1. The number of rotatable bonds is 1. The molecule has 1 heteroatoms. The molecule has 84 valence electrons. The molecule has 0 unspecified atom stereocenters. The summed E-state index contributed by atoms with van der Waals surface area (Å²) in [5, 5.41) is 0. The summed E-state index contributed by atoms with van der Waals surface area (Å²) < 4.78 is 0. The summed E-state index contributed by atoms with van der Waals surface area (Å²) in [6.45, 7) is 6.90. The molecule has 2 aliphatic rings. The lowest BCUT2D eigenvalue weighted by Gasteiger charge is -2.47. The number of aldehydes is 1. The first-order valence-corrected chi connectivity index (χ1v) is 6.18. The van der Waals surface area contributed by atoms with Crippen molar-refractivity contribution in [2.75, 3.05) is 0 Å². The van der Waals surface area contributed by atoms with E-state index in [1.54, 1.807) is 0 Å². The maximum absolute atomic E-state index is 11.0. The predicted molar refractivity (Wildman–Crippen MR) is 62.6 cm³/mol. The van der Waals surface area contributed by atoms with Crippen LogP contribution in [-0.4, -0.2) is 6.29 Å². The van der Waals surface area contributed by atoms with Gasteiger partial charge in [0.1, 0.15) is 6.29 Å². The van der Waals surface area contributed by atoms with Crippen molar-refractivity contribution in [1.29, 1.82) is 0 Å². The second kappa shape index (κ2) is 3.77. The molecule has 0 bridgehead atoms. The lowest BCUT2D eigenvalue weighted by Crippen LogP contribution is -2.37. The van der Waals surface area contributed by atoms with Gasteiger partial charge in [-0.1, -0.05) is 25.8 Å². The molecular formula is C14H22O. The molecule has 1 saturated carbocycles. The van der Waals surface area contributed by atoms with Crippen LogP contribution in [0.3, 0.4) is 0 Å². The molecule has 0 aromatic heterocycles. The van der Waals surface area contributed by atoms with Gasteiger partial charge in [-0.25, -0.2) is 0 Å². The van der Waals surface area contributed by atoms with Crippen LogP contribution in [0.1, 0.15) is 52.9 Å². The minimum Gasteiger partial charge on any atom is -0.298 e. The Bertz CT molecular complexity index is 298. The minimum atomic E-state index is 0.442. The summed E-state index contributed by atoms with van der Waals surface area (Å²) in [7, 11) is 0. The Balaban J connectivity index is 2.26. The van der Waals surface area contributed by atoms with E-state index in [1.807, 2.05) is 0 Å². The number of carbonyl (C=O) groups excluding carboxylic acids is 1. The highest BCUT2D eigenvalue weighted by molar-refractivity contribution is 5.74. The molecule has 0 aromatic carbocycles. The van der Waals surface area contributed by atoms with Crippen LogP contribution in [0.5, 0.6) is 0 Å². The Morgan fingerprint density at radius 3 is 2.73 bits per heavy atom. The van der Waals surface area contributed by atoms with E-state index in [4.69, 9.17) is 0 Å². The summed E-state index contributed by atoms with van der Waals surface area (Å²) in [6, 6.07) is 0. The van der Waals surface area contributed by atoms with E-state index < -0.39 is 0 Å². The highest BCUT2D eigenvalue weighted by Crippen LogP contribution is 2.51. The lowest BCUT2D eigenvalue weighted by molar-refractivity contribution is -0.105. The molecule has 2 aliphatic carbocycles. The van der Waals surface area contributed by atoms with Crippen molar-refractivity contribution in [3.8, 4) is 0 Å². The third-order valence-corrected chi connectivity index (χ3v) is 4.67. The molecule has 0 aromatic rings. The fourth-order valence-corrected chi connectivity index (χ4v) is 3.62. The second-order valence-electron chi connectivity index (χ2n) is 6.08. The minimum absolute atomic E-state index is 0.442. The Morgan fingerprint density at radius 1 is 1.33 bits per heavy atom. The van der Waals surface area contributed by atoms with Gasteiger partial charge in [0.2, 0.25) is 0 Å². The predicted octanol–water partition coefficient (Wildman–Crippen LogP) is 3.74. The summed E-state index contributed by atoms with van der Waals surface area (Å²) in [6.07, 6.45) is 7.38. The van der Waals surface area contributed by atoms with Gasteiger partial charge in [-0.15, -0.1) is 0 Å². The van der Waals surface area contributed by atoms with Crippen LogP contribution in [0, 0.1) is 17.3 Å². The normalized spacial score (nSPS) is 34.9. The Morgan fingerprint density at radius 2 is 2.07 bits per heavy atom. The van der Waals surface area contributed by atoms with Gasteiger partial charge in [0.05, 0.1) is 0 Å². The van der Waals surface area contributed by atoms with E-state index in [0.29, 0.717) is 5.41 Å². The molecule has 0 saturated heterocycles. The van der Waals surface area contributed by atoms with Crippen molar-refractivity contribution in [2.45, 2.75) is 52.9 Å². The van der Waals surface area contributed by atoms with Crippen molar-refractivity contribution in [2.24, 2.45) is 17.3 Å². The first-order valence-electron chi connectivity index (χ1n) is 6.18. The molecule has 0 spiro atoms. The van der Waals surface area contributed by atoms with Gasteiger partial charge in [-0.3, -0.25) is 4.79 Å². The lowest BCUT2D eigenvalue weighted by atomic mass is 9.58. The van der Waals surface area contributed by atoms with Gasteiger partial charge < -0.3 is 0 Å². The van der Waals surface area contributed by atoms with E-state index in [0.717, 1.165) is 30.1 Å². The van der Waals surface area contributed by atoms with E-state index in [1.165, 1.54) is 31.3 Å². The van der Waals surface area contributed by atoms with Gasteiger partial charge in [0, 0.05) is 0 Å². The fraction of sp³-hybridized carbons (Fsp3) is 0.786. The van der Waals surface area contributed by atoms with Crippen molar-refractivity contribution in [3.63, 3.8) is 0 Å². The number of allylic oxidation sites excluding steroid dienone is 2. The monoisotopic (exact) mass is 206 g/mol. The molecule has 2 rings (SSSR count). The molecule has 1 nitrogen and oxygen atoms in total. The van der Waals surface area contributed by atoms with Crippen LogP contribution < -0.4 is 0 Å². The number of hydrogen-bond donors (Lipinski definition) is 0. The third kappa shape index (κ3) is 1.89. The van der Waals surface area contributed by atoms with Gasteiger partial charge in [-0.2, -0.15) is 0 Å². The molecule has 0 N–H and O–H groups in total. The molecule has 15 heavy (non-hydrogen) atoms. The van der Waals surface area contributed by atoms with Gasteiger partial charge in [0.25, 0.3) is 0 Å². The summed E-state index contributed by atoms with van der Waals surface area (Å²) in [4.78, 5) is 11.0. The number of carbonyl (C=O) groups is 1. The highest BCUT2D eigenvalue weighted by Gasteiger charge is 2.41. The average molecular weight is 206 g/mol. The zero-order valence-corrected chi connectivity index (χ0v) is 10.2. The van der Waals surface area contributed by atoms with Crippen molar-refractivity contribution in [1.82, 2.24) is 0 Å². The van der Waals surface area contributed by atoms with Gasteiger partial charge in [-0.05, 0) is 55.4 Å². The Hall–Kier alpha value is -0.590. The van der Waals surface area contributed by atoms with E-state index in [-0.39, 0.29) is 0 Å². The van der Waals surface area contributed by atoms with Crippen LogP contribution in [0.25, 0.3) is 0 Å². The van der Waals surface area contributed by atoms with E-state index >= 15 is 0 Å². The quantitative estimate of drug-likeness (QED) is 0.597. The molecule has 2 atom stereocenters. The molecule has 1 fully saturated rings. The summed E-state index contributed by atoms with van der Waals surface area (Å²) >= 11 is 0. The van der Waals surface area contributed by atoms with E-state index in [2.05, 4.69) is 20.8 Å². The molecule has 0 heterocycles. The van der Waals surface area contributed by atoms with Crippen LogP contribution in [0.4, 0.5) is 0 Å². The van der Waals surface area contributed by atoms with E-state index in [9.17, 15) is 4.79 Å². The van der Waals surface area contributed by atoms with Crippen LogP contribution >= 0.6 is 0 Å². The first-order chi connectivity index (χ1) is 7.04. The summed E-state index contributed by atoms with van der Waals surface area (Å²) in [5.41, 5.74) is 2.88. The van der Waals surface area contributed by atoms with Crippen molar-refractivity contribution >= 4 is 6.29 Å². The van der Waals surface area contributed by atoms with Crippen LogP contribution in [0.2, 0.25) is 0 Å². The van der Waals surface area contributed by atoms with Crippen molar-refractivity contribution < 1.29 is 4.79 Å². The maximum Gasteiger partial charge on any atom is 0.145 e. The van der Waals surface area contributed by atoms with Crippen LogP contribution in [-0.2, 0) is 4.79 Å². The smallest absolute Gasteiger partial charge is 0.145 e. The molecule has 0 aliphatic heterocycles. The van der Waals surface area contributed by atoms with Crippen molar-refractivity contribution in [3.05, 3.63) is 11.1 Å². The van der Waals surface area contributed by atoms with Crippen LogP contribution in [0.15, 0.2) is 11.1 Å². The zero-order chi connectivity index (χ0) is 11.1. The summed E-state index contributed by atoms with van der Waals surface area (Å²) in [5.74, 6) is 1.59. The number of fused-ring (bicyclic) bond motifs is 1. The maximum atomic E-state index is 11.0. The highest BCUT2D eigenvalue weighted by atomic mass is 16.1. The van der Waals surface area contributed by atoms with Gasteiger partial charge >= 0.3 is 0 Å². The molecular weight excluding hydrogens is 184 g/mol.